The third-order valence-electron chi connectivity index (χ3n) is 3.48. The van der Waals surface area contributed by atoms with Crippen LogP contribution in [0.2, 0.25) is 5.02 Å². The largest absolute Gasteiger partial charge is 0.457 e. The Morgan fingerprint density at radius 2 is 2.00 bits per heavy atom. The number of amides is 1. The second kappa shape index (κ2) is 7.76. The Hall–Kier alpha value is -2.57. The average molecular weight is 436 g/mol. The number of furan rings is 1. The quantitative estimate of drug-likeness (QED) is 0.406. The van der Waals surface area contributed by atoms with E-state index < -0.39 is 5.82 Å². The molecule has 0 aliphatic rings. The Bertz CT molecular complexity index is 1000. The molecule has 0 bridgehead atoms. The summed E-state index contributed by atoms with van der Waals surface area (Å²) in [5, 5.41) is 2.75. The zero-order valence-electron chi connectivity index (χ0n) is 13.3. The minimum absolute atomic E-state index is 0.0180. The van der Waals surface area contributed by atoms with E-state index in [-0.39, 0.29) is 10.9 Å². The third kappa shape index (κ3) is 4.33. The summed E-state index contributed by atoms with van der Waals surface area (Å²) in [6.07, 6.45) is 2.89. The van der Waals surface area contributed by atoms with Crippen LogP contribution in [0.25, 0.3) is 17.4 Å². The van der Waals surface area contributed by atoms with Gasteiger partial charge in [0.05, 0.1) is 10.7 Å². The molecule has 0 aliphatic heterocycles. The predicted octanol–water partition coefficient (Wildman–Crippen LogP) is 5.74. The van der Waals surface area contributed by atoms with E-state index in [2.05, 4.69) is 21.2 Å². The maximum Gasteiger partial charge on any atom is 0.248 e. The molecular weight excluding hydrogens is 423 g/mol. The lowest BCUT2D eigenvalue weighted by Crippen LogP contribution is -2.08. The first-order valence-corrected chi connectivity index (χ1v) is 8.69. The molecule has 0 spiro atoms. The van der Waals surface area contributed by atoms with Crippen LogP contribution in [0.15, 0.2) is 63.5 Å². The van der Waals surface area contributed by atoms with Gasteiger partial charge in [-0.2, -0.15) is 0 Å². The third-order valence-corrected chi connectivity index (χ3v) is 4.43. The van der Waals surface area contributed by atoms with Crippen molar-refractivity contribution in [2.45, 2.75) is 0 Å². The second-order valence-electron chi connectivity index (χ2n) is 5.39. The highest BCUT2D eigenvalue weighted by molar-refractivity contribution is 9.10. The lowest BCUT2D eigenvalue weighted by Gasteiger charge is -2.05. The molecule has 1 aromatic heterocycles. The van der Waals surface area contributed by atoms with Crippen LogP contribution < -0.4 is 11.1 Å². The number of halogens is 3. The molecule has 0 fully saturated rings. The molecule has 3 N–H and O–H groups in total. The van der Waals surface area contributed by atoms with Gasteiger partial charge < -0.3 is 15.5 Å². The fourth-order valence-electron chi connectivity index (χ4n) is 2.21. The van der Waals surface area contributed by atoms with Crippen molar-refractivity contribution in [3.63, 3.8) is 0 Å². The van der Waals surface area contributed by atoms with Crippen molar-refractivity contribution in [2.75, 3.05) is 11.1 Å². The molecule has 7 heteroatoms. The number of carbonyl (C=O) groups excluding carboxylic acids is 1. The molecule has 3 aromatic rings. The predicted molar refractivity (Wildman–Crippen MR) is 105 cm³/mol. The van der Waals surface area contributed by atoms with Crippen LogP contribution in [-0.2, 0) is 4.79 Å². The van der Waals surface area contributed by atoms with Gasteiger partial charge in [0.1, 0.15) is 17.3 Å². The zero-order valence-corrected chi connectivity index (χ0v) is 15.6. The molecule has 0 saturated heterocycles. The van der Waals surface area contributed by atoms with E-state index in [1.165, 1.54) is 24.3 Å². The molecule has 0 atom stereocenters. The molecule has 26 heavy (non-hydrogen) atoms. The Kier molecular flexibility index (Phi) is 5.44. The summed E-state index contributed by atoms with van der Waals surface area (Å²) < 4.78 is 19.5. The number of nitrogen functional groups attached to an aromatic ring is 1. The van der Waals surface area contributed by atoms with Gasteiger partial charge >= 0.3 is 0 Å². The lowest BCUT2D eigenvalue weighted by atomic mass is 10.2. The molecule has 2 aromatic carbocycles. The van der Waals surface area contributed by atoms with Gasteiger partial charge in [-0.3, -0.25) is 4.79 Å². The summed E-state index contributed by atoms with van der Waals surface area (Å²) in [7, 11) is 0. The van der Waals surface area contributed by atoms with Crippen LogP contribution in [-0.4, -0.2) is 5.91 Å². The number of nitrogens with two attached hydrogens (primary N) is 1. The van der Waals surface area contributed by atoms with E-state index in [1.807, 2.05) is 0 Å². The van der Waals surface area contributed by atoms with Crippen molar-refractivity contribution < 1.29 is 13.6 Å². The standard InChI is InChI=1S/C19H13BrClFN2O2/c20-14-10-12(23)2-6-17(14)24-19(25)8-4-13-3-7-18(26-13)11-1-5-16(22)15(21)9-11/h1-10H,23H2,(H,24,25)/b8-4+. The maximum atomic E-state index is 13.2. The highest BCUT2D eigenvalue weighted by Gasteiger charge is 2.07. The van der Waals surface area contributed by atoms with Crippen molar-refractivity contribution in [1.29, 1.82) is 0 Å². The molecule has 132 valence electrons. The highest BCUT2D eigenvalue weighted by Crippen LogP contribution is 2.27. The van der Waals surface area contributed by atoms with E-state index in [4.69, 9.17) is 21.8 Å². The summed E-state index contributed by atoms with van der Waals surface area (Å²) in [4.78, 5) is 12.0. The summed E-state index contributed by atoms with van der Waals surface area (Å²) in [6.45, 7) is 0. The van der Waals surface area contributed by atoms with Gasteiger partial charge in [-0.15, -0.1) is 0 Å². The van der Waals surface area contributed by atoms with Crippen LogP contribution in [0.1, 0.15) is 5.76 Å². The number of rotatable bonds is 4. The van der Waals surface area contributed by atoms with Gasteiger partial charge in [-0.05, 0) is 70.5 Å². The Balaban J connectivity index is 1.69. The van der Waals surface area contributed by atoms with E-state index in [1.54, 1.807) is 36.4 Å². The van der Waals surface area contributed by atoms with Gasteiger partial charge in [0.2, 0.25) is 5.91 Å². The van der Waals surface area contributed by atoms with Gasteiger partial charge in [-0.1, -0.05) is 11.6 Å². The Labute approximate surface area is 162 Å². The van der Waals surface area contributed by atoms with Crippen molar-refractivity contribution in [1.82, 2.24) is 0 Å². The average Bonchev–Trinajstić information content (AvgIpc) is 3.07. The number of anilines is 2. The first kappa shape index (κ1) is 18.2. The van der Waals surface area contributed by atoms with E-state index in [0.29, 0.717) is 32.9 Å². The molecular formula is C19H13BrClFN2O2. The SMILES string of the molecule is Nc1ccc(NC(=O)/C=C/c2ccc(-c3ccc(F)c(Cl)c3)o2)c(Br)c1. The van der Waals surface area contributed by atoms with Gasteiger partial charge in [-0.25, -0.2) is 4.39 Å². The second-order valence-corrected chi connectivity index (χ2v) is 6.65. The van der Waals surface area contributed by atoms with Crippen LogP contribution in [0.3, 0.4) is 0 Å². The van der Waals surface area contributed by atoms with Gasteiger partial charge in [0.15, 0.2) is 0 Å². The van der Waals surface area contributed by atoms with Crippen molar-refractivity contribution in [2.24, 2.45) is 0 Å². The fraction of sp³-hybridized carbons (Fsp3) is 0. The number of benzene rings is 2. The minimum Gasteiger partial charge on any atom is -0.457 e. The van der Waals surface area contributed by atoms with Crippen LogP contribution >= 0.6 is 27.5 Å². The molecule has 0 radical (unpaired) electrons. The molecule has 0 saturated carbocycles. The number of carbonyl (C=O) groups is 1. The van der Waals surface area contributed by atoms with Gasteiger partial charge in [0.25, 0.3) is 0 Å². The fourth-order valence-corrected chi connectivity index (χ4v) is 2.89. The summed E-state index contributed by atoms with van der Waals surface area (Å²) >= 11 is 9.11. The zero-order chi connectivity index (χ0) is 18.7. The molecule has 0 unspecified atom stereocenters. The van der Waals surface area contributed by atoms with E-state index in [9.17, 15) is 9.18 Å². The minimum atomic E-state index is -0.493. The van der Waals surface area contributed by atoms with Crippen molar-refractivity contribution >= 4 is 50.9 Å². The summed E-state index contributed by atoms with van der Waals surface area (Å²) in [5.74, 6) is 0.186. The van der Waals surface area contributed by atoms with Crippen molar-refractivity contribution in [3.05, 3.63) is 75.7 Å². The van der Waals surface area contributed by atoms with Crippen LogP contribution in [0, 0.1) is 5.82 Å². The normalized spacial score (nSPS) is 11.0. The molecule has 0 aliphatic carbocycles. The number of hydrogen-bond acceptors (Lipinski definition) is 3. The molecule has 4 nitrogen and oxygen atoms in total. The smallest absolute Gasteiger partial charge is 0.248 e. The summed E-state index contributed by atoms with van der Waals surface area (Å²) in [5.41, 5.74) is 7.51. The molecule has 3 rings (SSSR count). The van der Waals surface area contributed by atoms with Gasteiger partial charge in [0, 0.05) is 21.8 Å². The molecule has 1 heterocycles. The maximum absolute atomic E-state index is 13.2. The van der Waals surface area contributed by atoms with E-state index in [0.717, 1.165) is 0 Å². The summed E-state index contributed by atoms with van der Waals surface area (Å²) in [6, 6.07) is 12.8. The van der Waals surface area contributed by atoms with Crippen molar-refractivity contribution in [3.8, 4) is 11.3 Å². The monoisotopic (exact) mass is 434 g/mol. The highest BCUT2D eigenvalue weighted by atomic mass is 79.9. The first-order chi connectivity index (χ1) is 12.4. The van der Waals surface area contributed by atoms with Crippen LogP contribution in [0.5, 0.6) is 0 Å². The topological polar surface area (TPSA) is 68.3 Å². The van der Waals surface area contributed by atoms with Crippen LogP contribution in [0.4, 0.5) is 15.8 Å². The van der Waals surface area contributed by atoms with E-state index >= 15 is 0 Å². The molecule has 1 amide bonds. The Morgan fingerprint density at radius 1 is 1.19 bits per heavy atom. The number of nitrogens with one attached hydrogen (secondary N) is 1. The first-order valence-electron chi connectivity index (χ1n) is 7.52. The lowest BCUT2D eigenvalue weighted by molar-refractivity contribution is -0.111. The Morgan fingerprint density at radius 3 is 2.73 bits per heavy atom. The number of hydrogen-bond donors (Lipinski definition) is 2.